The van der Waals surface area contributed by atoms with Crippen LogP contribution in [-0.4, -0.2) is 35.0 Å². The Morgan fingerprint density at radius 1 is 1.33 bits per heavy atom. The Labute approximate surface area is 105 Å². The van der Waals surface area contributed by atoms with E-state index in [9.17, 15) is 14.0 Å². The fraction of sp³-hybridized carbons (Fsp3) is 0.385. The van der Waals surface area contributed by atoms with Gasteiger partial charge in [-0.25, -0.2) is 4.39 Å². The second-order valence-electron chi connectivity index (χ2n) is 3.95. The molecular weight excluding hydrogens is 237 g/mol. The molecule has 0 saturated heterocycles. The van der Waals surface area contributed by atoms with E-state index in [1.54, 1.807) is 0 Å². The predicted molar refractivity (Wildman–Crippen MR) is 64.8 cm³/mol. The van der Waals surface area contributed by atoms with E-state index in [2.05, 4.69) is 0 Å². The molecule has 1 aromatic carbocycles. The van der Waals surface area contributed by atoms with Gasteiger partial charge < -0.3 is 10.0 Å². The smallest absolute Gasteiger partial charge is 0.305 e. The summed E-state index contributed by atoms with van der Waals surface area (Å²) >= 11 is 0. The Kier molecular flexibility index (Phi) is 5.30. The van der Waals surface area contributed by atoms with E-state index in [0.717, 1.165) is 12.5 Å². The maximum atomic E-state index is 13.0. The molecule has 98 valence electrons. The molecule has 18 heavy (non-hydrogen) atoms. The van der Waals surface area contributed by atoms with Gasteiger partial charge in [-0.2, -0.15) is 0 Å². The van der Waals surface area contributed by atoms with Gasteiger partial charge in [0.05, 0.1) is 6.42 Å². The van der Waals surface area contributed by atoms with Crippen LogP contribution in [0.3, 0.4) is 0 Å². The van der Waals surface area contributed by atoms with Crippen molar-refractivity contribution in [1.29, 1.82) is 0 Å². The fourth-order valence-electron chi connectivity index (χ4n) is 1.62. The normalized spacial score (nSPS) is 10.1. The molecule has 0 unspecified atom stereocenters. The highest BCUT2D eigenvalue weighted by Crippen LogP contribution is 2.08. The molecule has 0 heterocycles. The first kappa shape index (κ1) is 14.2. The summed E-state index contributed by atoms with van der Waals surface area (Å²) in [6.45, 7) is 2.49. The molecule has 0 aliphatic rings. The summed E-state index contributed by atoms with van der Waals surface area (Å²) in [7, 11) is 0. The molecule has 0 aliphatic carbocycles. The van der Waals surface area contributed by atoms with E-state index < -0.39 is 11.8 Å². The molecular formula is C13H16FNO3. The standard InChI is InChI=1S/C13H16FNO3/c1-2-7-15(8-6-12(16)17)13(18)10-4-3-5-11(14)9-10/h3-5,9H,2,6-8H2,1H3,(H,16,17). The molecule has 0 saturated carbocycles. The summed E-state index contributed by atoms with van der Waals surface area (Å²) in [5.74, 6) is -1.77. The van der Waals surface area contributed by atoms with Crippen molar-refractivity contribution in [2.24, 2.45) is 0 Å². The van der Waals surface area contributed by atoms with Crippen LogP contribution in [-0.2, 0) is 4.79 Å². The fourth-order valence-corrected chi connectivity index (χ4v) is 1.62. The molecule has 0 spiro atoms. The van der Waals surface area contributed by atoms with Crippen LogP contribution in [0.15, 0.2) is 24.3 Å². The highest BCUT2D eigenvalue weighted by molar-refractivity contribution is 5.94. The van der Waals surface area contributed by atoms with Gasteiger partial charge in [-0.3, -0.25) is 9.59 Å². The van der Waals surface area contributed by atoms with Gasteiger partial charge in [0.25, 0.3) is 5.91 Å². The van der Waals surface area contributed by atoms with Crippen molar-refractivity contribution >= 4 is 11.9 Å². The van der Waals surface area contributed by atoms with E-state index in [-0.39, 0.29) is 24.4 Å². The minimum absolute atomic E-state index is 0.110. The van der Waals surface area contributed by atoms with Crippen molar-refractivity contribution in [2.45, 2.75) is 19.8 Å². The maximum absolute atomic E-state index is 13.0. The Morgan fingerprint density at radius 2 is 2.06 bits per heavy atom. The molecule has 4 nitrogen and oxygen atoms in total. The summed E-state index contributed by atoms with van der Waals surface area (Å²) in [5, 5.41) is 8.63. The highest BCUT2D eigenvalue weighted by atomic mass is 19.1. The molecule has 5 heteroatoms. The lowest BCUT2D eigenvalue weighted by Gasteiger charge is -2.21. The van der Waals surface area contributed by atoms with Crippen molar-refractivity contribution < 1.29 is 19.1 Å². The summed E-state index contributed by atoms with van der Waals surface area (Å²) < 4.78 is 13.0. The number of halogens is 1. The molecule has 0 fully saturated rings. The highest BCUT2D eigenvalue weighted by Gasteiger charge is 2.16. The van der Waals surface area contributed by atoms with E-state index in [0.29, 0.717) is 6.54 Å². The zero-order valence-corrected chi connectivity index (χ0v) is 10.2. The molecule has 1 aromatic rings. The Morgan fingerprint density at radius 3 is 2.61 bits per heavy atom. The number of rotatable bonds is 6. The zero-order valence-electron chi connectivity index (χ0n) is 10.2. The first-order valence-electron chi connectivity index (χ1n) is 5.81. The lowest BCUT2D eigenvalue weighted by Crippen LogP contribution is -2.33. The summed E-state index contributed by atoms with van der Waals surface area (Å²) in [6.07, 6.45) is 0.613. The second kappa shape index (κ2) is 6.74. The first-order chi connectivity index (χ1) is 8.54. The van der Waals surface area contributed by atoms with Crippen LogP contribution in [0, 0.1) is 5.82 Å². The number of carboxylic acid groups (broad SMARTS) is 1. The number of amides is 1. The number of hydrogen-bond donors (Lipinski definition) is 1. The first-order valence-corrected chi connectivity index (χ1v) is 5.81. The van der Waals surface area contributed by atoms with Crippen molar-refractivity contribution in [1.82, 2.24) is 4.90 Å². The summed E-state index contributed by atoms with van der Waals surface area (Å²) in [5.41, 5.74) is 0.244. The quantitative estimate of drug-likeness (QED) is 0.845. The van der Waals surface area contributed by atoms with E-state index in [1.807, 2.05) is 6.92 Å². The number of benzene rings is 1. The van der Waals surface area contributed by atoms with Gasteiger partial charge in [-0.15, -0.1) is 0 Å². The Bertz CT molecular complexity index is 434. The van der Waals surface area contributed by atoms with E-state index in [4.69, 9.17) is 5.11 Å². The van der Waals surface area contributed by atoms with Crippen LogP contribution in [0.4, 0.5) is 4.39 Å². The third kappa shape index (κ3) is 4.16. The van der Waals surface area contributed by atoms with Crippen LogP contribution < -0.4 is 0 Å². The third-order valence-corrected chi connectivity index (χ3v) is 2.45. The molecule has 0 bridgehead atoms. The van der Waals surface area contributed by atoms with Gasteiger partial charge in [-0.1, -0.05) is 13.0 Å². The van der Waals surface area contributed by atoms with Crippen molar-refractivity contribution in [2.75, 3.05) is 13.1 Å². The van der Waals surface area contributed by atoms with Crippen LogP contribution in [0.1, 0.15) is 30.1 Å². The summed E-state index contributed by atoms with van der Waals surface area (Å²) in [4.78, 5) is 24.0. The Hall–Kier alpha value is -1.91. The zero-order chi connectivity index (χ0) is 13.5. The van der Waals surface area contributed by atoms with Crippen molar-refractivity contribution in [3.05, 3.63) is 35.6 Å². The molecule has 0 atom stereocenters. The second-order valence-corrected chi connectivity index (χ2v) is 3.95. The average Bonchev–Trinajstić information content (AvgIpc) is 2.33. The van der Waals surface area contributed by atoms with Crippen molar-refractivity contribution in [3.63, 3.8) is 0 Å². The minimum Gasteiger partial charge on any atom is -0.481 e. The number of nitrogens with zero attached hydrogens (tertiary/aromatic N) is 1. The lowest BCUT2D eigenvalue weighted by atomic mass is 10.2. The van der Waals surface area contributed by atoms with Crippen LogP contribution in [0.25, 0.3) is 0 Å². The largest absolute Gasteiger partial charge is 0.481 e. The van der Waals surface area contributed by atoms with Crippen LogP contribution in [0.2, 0.25) is 0 Å². The SMILES string of the molecule is CCCN(CCC(=O)O)C(=O)c1cccc(F)c1. The molecule has 1 amide bonds. The predicted octanol–water partition coefficient (Wildman–Crippen LogP) is 2.15. The van der Waals surface area contributed by atoms with E-state index >= 15 is 0 Å². The third-order valence-electron chi connectivity index (χ3n) is 2.45. The molecule has 0 radical (unpaired) electrons. The van der Waals surface area contributed by atoms with Crippen molar-refractivity contribution in [3.8, 4) is 0 Å². The van der Waals surface area contributed by atoms with Gasteiger partial charge in [0, 0.05) is 18.7 Å². The number of carbonyl (C=O) groups is 2. The van der Waals surface area contributed by atoms with E-state index in [1.165, 1.54) is 23.1 Å². The number of aliphatic carboxylic acids is 1. The van der Waals surface area contributed by atoms with Gasteiger partial charge in [0.1, 0.15) is 5.82 Å². The van der Waals surface area contributed by atoms with Gasteiger partial charge in [-0.05, 0) is 24.6 Å². The maximum Gasteiger partial charge on any atom is 0.305 e. The number of carbonyl (C=O) groups excluding carboxylic acids is 1. The molecule has 0 aromatic heterocycles. The number of carboxylic acids is 1. The van der Waals surface area contributed by atoms with Gasteiger partial charge >= 0.3 is 5.97 Å². The monoisotopic (exact) mass is 253 g/mol. The van der Waals surface area contributed by atoms with Gasteiger partial charge in [0.2, 0.25) is 0 Å². The Balaban J connectivity index is 2.78. The van der Waals surface area contributed by atoms with Crippen LogP contribution in [0.5, 0.6) is 0 Å². The van der Waals surface area contributed by atoms with Gasteiger partial charge in [0.15, 0.2) is 0 Å². The lowest BCUT2D eigenvalue weighted by molar-refractivity contribution is -0.137. The molecule has 1 rings (SSSR count). The molecule has 1 N–H and O–H groups in total. The number of hydrogen-bond acceptors (Lipinski definition) is 2. The van der Waals surface area contributed by atoms with Crippen LogP contribution >= 0.6 is 0 Å². The minimum atomic E-state index is -0.955. The summed E-state index contributed by atoms with van der Waals surface area (Å²) in [6, 6.07) is 5.41. The average molecular weight is 253 g/mol. The molecule has 0 aliphatic heterocycles. The topological polar surface area (TPSA) is 57.6 Å².